The van der Waals surface area contributed by atoms with Gasteiger partial charge in [0.15, 0.2) is 11.6 Å². The molecule has 0 amide bonds. The second-order valence-corrected chi connectivity index (χ2v) is 9.77. The third-order valence-corrected chi connectivity index (χ3v) is 7.23. The molecule has 3 aromatic carbocycles. The van der Waals surface area contributed by atoms with Crippen LogP contribution in [0.3, 0.4) is 0 Å². The summed E-state index contributed by atoms with van der Waals surface area (Å²) < 4.78 is 50.4. The van der Waals surface area contributed by atoms with E-state index in [2.05, 4.69) is 13.5 Å². The number of hydrogen-bond donors (Lipinski definition) is 0. The minimum atomic E-state index is -0.810. The Morgan fingerprint density at radius 1 is 0.833 bits per heavy atom. The second kappa shape index (κ2) is 12.4. The fourth-order valence-corrected chi connectivity index (χ4v) is 4.94. The Bertz CT molecular complexity index is 1160. The van der Waals surface area contributed by atoms with Gasteiger partial charge in [-0.3, -0.25) is 0 Å². The maximum Gasteiger partial charge on any atom is 0.166 e. The Balaban J connectivity index is 1.45. The van der Waals surface area contributed by atoms with E-state index in [1.165, 1.54) is 12.5 Å². The lowest BCUT2D eigenvalue weighted by molar-refractivity contribution is -0.00700. The van der Waals surface area contributed by atoms with Gasteiger partial charge in [-0.05, 0) is 54.0 Å². The minimum Gasteiger partial charge on any atom is -0.373 e. The Morgan fingerprint density at radius 3 is 2.22 bits per heavy atom. The van der Waals surface area contributed by atoms with E-state index >= 15 is 0 Å². The minimum absolute atomic E-state index is 0.239. The molecular weight excluding hydrogens is 457 g/mol. The number of benzene rings is 3. The molecule has 1 aliphatic heterocycles. The van der Waals surface area contributed by atoms with Crippen LogP contribution in [-0.2, 0) is 11.2 Å². The van der Waals surface area contributed by atoms with Crippen LogP contribution in [0, 0.1) is 23.4 Å². The van der Waals surface area contributed by atoms with Crippen LogP contribution >= 0.6 is 0 Å². The molecule has 4 heteroatoms. The lowest BCUT2D eigenvalue weighted by Crippen LogP contribution is -2.19. The molecule has 4 rings (SSSR count). The molecule has 2 unspecified atom stereocenters. The summed E-state index contributed by atoms with van der Waals surface area (Å²) in [5, 5.41) is 0. The van der Waals surface area contributed by atoms with Gasteiger partial charge in [0.1, 0.15) is 5.82 Å². The summed E-state index contributed by atoms with van der Waals surface area (Å²) in [4.78, 5) is 0. The molecule has 1 aliphatic rings. The van der Waals surface area contributed by atoms with Gasteiger partial charge in [-0.15, -0.1) is 6.58 Å². The van der Waals surface area contributed by atoms with E-state index in [4.69, 9.17) is 4.74 Å². The Labute approximate surface area is 213 Å². The van der Waals surface area contributed by atoms with Crippen LogP contribution in [0.5, 0.6) is 0 Å². The lowest BCUT2D eigenvalue weighted by atomic mass is 9.93. The molecule has 0 saturated carbocycles. The molecule has 3 aromatic rings. The first-order chi connectivity index (χ1) is 17.5. The van der Waals surface area contributed by atoms with Crippen molar-refractivity contribution in [3.8, 4) is 22.3 Å². The highest BCUT2D eigenvalue weighted by Crippen LogP contribution is 2.35. The topological polar surface area (TPSA) is 9.23 Å². The highest BCUT2D eigenvalue weighted by molar-refractivity contribution is 5.71. The molecule has 0 aliphatic carbocycles. The van der Waals surface area contributed by atoms with E-state index in [9.17, 15) is 13.2 Å². The van der Waals surface area contributed by atoms with Crippen molar-refractivity contribution in [1.82, 2.24) is 0 Å². The first kappa shape index (κ1) is 26.2. The Morgan fingerprint density at radius 2 is 1.56 bits per heavy atom. The summed E-state index contributed by atoms with van der Waals surface area (Å²) >= 11 is 0. The SMILES string of the molecule is C=CC1CCC(c2ccc(-c3ccc(-c4ccc(CCCCCCC)c(F)c4F)cc3)cc2F)OC1. The first-order valence-electron chi connectivity index (χ1n) is 13.1. The van der Waals surface area contributed by atoms with Crippen LogP contribution in [0.4, 0.5) is 13.2 Å². The maximum atomic E-state index is 14.9. The average Bonchev–Trinajstić information content (AvgIpc) is 2.91. The van der Waals surface area contributed by atoms with Gasteiger partial charge in [0, 0.05) is 17.0 Å². The average molecular weight is 493 g/mol. The molecule has 0 spiro atoms. The summed E-state index contributed by atoms with van der Waals surface area (Å²) in [5.74, 6) is -1.53. The highest BCUT2D eigenvalue weighted by Gasteiger charge is 2.24. The van der Waals surface area contributed by atoms with Crippen molar-refractivity contribution < 1.29 is 17.9 Å². The van der Waals surface area contributed by atoms with Crippen LogP contribution in [0.15, 0.2) is 67.3 Å². The first-order valence-corrected chi connectivity index (χ1v) is 13.1. The van der Waals surface area contributed by atoms with Gasteiger partial charge in [-0.2, -0.15) is 0 Å². The van der Waals surface area contributed by atoms with Crippen molar-refractivity contribution in [3.63, 3.8) is 0 Å². The van der Waals surface area contributed by atoms with Gasteiger partial charge in [0.25, 0.3) is 0 Å². The van der Waals surface area contributed by atoms with Crippen molar-refractivity contribution in [2.24, 2.45) is 5.92 Å². The fourth-order valence-electron chi connectivity index (χ4n) is 4.94. The van der Waals surface area contributed by atoms with Crippen molar-refractivity contribution in [3.05, 3.63) is 95.8 Å². The van der Waals surface area contributed by atoms with Gasteiger partial charge in [0.2, 0.25) is 0 Å². The molecule has 2 atom stereocenters. The molecule has 0 aromatic heterocycles. The van der Waals surface area contributed by atoms with E-state index in [0.717, 1.165) is 49.7 Å². The number of rotatable bonds is 10. The van der Waals surface area contributed by atoms with Crippen LogP contribution in [0.2, 0.25) is 0 Å². The fraction of sp³-hybridized carbons (Fsp3) is 0.375. The predicted octanol–water partition coefficient (Wildman–Crippen LogP) is 9.60. The van der Waals surface area contributed by atoms with Crippen molar-refractivity contribution in [2.45, 2.75) is 64.4 Å². The zero-order chi connectivity index (χ0) is 25.5. The lowest BCUT2D eigenvalue weighted by Gasteiger charge is -2.28. The molecule has 0 bridgehead atoms. The summed E-state index contributed by atoms with van der Waals surface area (Å²) in [7, 11) is 0. The van der Waals surface area contributed by atoms with E-state index in [-0.39, 0.29) is 17.5 Å². The quantitative estimate of drug-likeness (QED) is 0.202. The van der Waals surface area contributed by atoms with Crippen molar-refractivity contribution in [1.29, 1.82) is 0 Å². The molecule has 0 radical (unpaired) electrons. The maximum absolute atomic E-state index is 14.9. The van der Waals surface area contributed by atoms with Gasteiger partial charge < -0.3 is 4.74 Å². The second-order valence-electron chi connectivity index (χ2n) is 9.77. The van der Waals surface area contributed by atoms with Gasteiger partial charge in [-0.1, -0.05) is 87.2 Å². The molecule has 36 heavy (non-hydrogen) atoms. The summed E-state index contributed by atoms with van der Waals surface area (Å²) in [5.41, 5.74) is 3.37. The van der Waals surface area contributed by atoms with E-state index in [0.29, 0.717) is 35.6 Å². The van der Waals surface area contributed by atoms with Gasteiger partial charge in [0.05, 0.1) is 12.7 Å². The molecule has 1 heterocycles. The summed E-state index contributed by atoms with van der Waals surface area (Å²) in [6.45, 7) is 6.53. The Hall–Kier alpha value is -2.85. The molecular formula is C32H35F3O. The molecule has 1 saturated heterocycles. The number of ether oxygens (including phenoxy) is 1. The zero-order valence-corrected chi connectivity index (χ0v) is 21.0. The van der Waals surface area contributed by atoms with Gasteiger partial charge >= 0.3 is 0 Å². The zero-order valence-electron chi connectivity index (χ0n) is 21.0. The summed E-state index contributed by atoms with van der Waals surface area (Å²) in [6.07, 6.45) is 9.26. The smallest absolute Gasteiger partial charge is 0.166 e. The predicted molar refractivity (Wildman–Crippen MR) is 141 cm³/mol. The van der Waals surface area contributed by atoms with Crippen LogP contribution in [-0.4, -0.2) is 6.61 Å². The van der Waals surface area contributed by atoms with E-state index in [1.54, 1.807) is 30.3 Å². The third-order valence-electron chi connectivity index (χ3n) is 7.23. The molecule has 1 fully saturated rings. The van der Waals surface area contributed by atoms with Crippen molar-refractivity contribution in [2.75, 3.05) is 6.61 Å². The van der Waals surface area contributed by atoms with E-state index < -0.39 is 11.6 Å². The van der Waals surface area contributed by atoms with Crippen molar-refractivity contribution >= 4 is 0 Å². The molecule has 190 valence electrons. The normalized spacial score (nSPS) is 17.8. The number of hydrogen-bond acceptors (Lipinski definition) is 1. The monoisotopic (exact) mass is 492 g/mol. The standard InChI is InChI=1S/C32H35F3O/c1-3-5-6-7-8-9-25-15-17-27(32(35)31(25)34)24-13-11-23(12-14-24)26-16-18-28(29(33)20-26)30-19-10-22(4-2)21-36-30/h4,11-18,20,22,30H,2-3,5-10,19,21H2,1H3. The number of halogens is 3. The summed E-state index contributed by atoms with van der Waals surface area (Å²) in [6, 6.07) is 15.7. The van der Waals surface area contributed by atoms with E-state index in [1.807, 2.05) is 24.3 Å². The molecule has 0 N–H and O–H groups in total. The van der Waals surface area contributed by atoms with Crippen LogP contribution in [0.25, 0.3) is 22.3 Å². The highest BCUT2D eigenvalue weighted by atomic mass is 19.2. The van der Waals surface area contributed by atoms with Crippen LogP contribution < -0.4 is 0 Å². The molecule has 1 nitrogen and oxygen atoms in total. The largest absolute Gasteiger partial charge is 0.373 e. The van der Waals surface area contributed by atoms with Gasteiger partial charge in [-0.25, -0.2) is 13.2 Å². The third kappa shape index (κ3) is 6.10. The van der Waals surface area contributed by atoms with Crippen LogP contribution in [0.1, 0.15) is 69.1 Å². The number of aryl methyl sites for hydroxylation is 1. The Kier molecular flexibility index (Phi) is 9.03. The number of unbranched alkanes of at least 4 members (excludes halogenated alkanes) is 4.